The van der Waals surface area contributed by atoms with Gasteiger partial charge in [-0.05, 0) is 35.7 Å². The number of H-pyrrole nitrogens is 1. The monoisotopic (exact) mass is 379 g/mol. The van der Waals surface area contributed by atoms with Crippen LogP contribution < -0.4 is 10.2 Å². The van der Waals surface area contributed by atoms with Crippen molar-refractivity contribution in [1.82, 2.24) is 20.5 Å². The molecule has 8 heteroatoms. The summed E-state index contributed by atoms with van der Waals surface area (Å²) in [6.45, 7) is 0.259. The average Bonchev–Trinajstić information content (AvgIpc) is 3.24. The zero-order chi connectivity index (χ0) is 19.7. The molecule has 0 aliphatic carbocycles. The Morgan fingerprint density at radius 1 is 1.25 bits per heavy atom. The van der Waals surface area contributed by atoms with E-state index in [9.17, 15) is 14.0 Å². The average molecular weight is 379 g/mol. The SMILES string of the molecule is CN1C(=O)CCc2cc(-c3cncc(CNC(=O)c4cn[nH]c4)c3)c(F)cc21. The standard InChI is InChI=1S/C20H18FN5O2/c1-26-18-6-17(21)16(5-13(18)2-3-19(26)27)14-4-12(7-22-9-14)8-23-20(28)15-10-24-25-11-15/h4-7,9-11H,2-3,8H2,1H3,(H,23,28)(H,24,25). The van der Waals surface area contributed by atoms with Gasteiger partial charge in [-0.1, -0.05) is 0 Å². The van der Waals surface area contributed by atoms with Gasteiger partial charge in [0, 0.05) is 55.4 Å². The Morgan fingerprint density at radius 3 is 2.89 bits per heavy atom. The van der Waals surface area contributed by atoms with E-state index >= 15 is 0 Å². The molecule has 2 N–H and O–H groups in total. The lowest BCUT2D eigenvalue weighted by Gasteiger charge is -2.26. The molecule has 0 radical (unpaired) electrons. The first-order valence-corrected chi connectivity index (χ1v) is 8.83. The molecular formula is C20H18FN5O2. The van der Waals surface area contributed by atoms with Crippen LogP contribution in [0.5, 0.6) is 0 Å². The van der Waals surface area contributed by atoms with E-state index in [0.717, 1.165) is 11.1 Å². The van der Waals surface area contributed by atoms with Crippen molar-refractivity contribution >= 4 is 17.5 Å². The maximum atomic E-state index is 14.7. The van der Waals surface area contributed by atoms with Gasteiger partial charge >= 0.3 is 0 Å². The number of anilines is 1. The lowest BCUT2D eigenvalue weighted by molar-refractivity contribution is -0.118. The number of rotatable bonds is 4. The molecule has 2 amide bonds. The van der Waals surface area contributed by atoms with Crippen molar-refractivity contribution in [3.8, 4) is 11.1 Å². The van der Waals surface area contributed by atoms with Gasteiger partial charge in [0.25, 0.3) is 5.91 Å². The van der Waals surface area contributed by atoms with Gasteiger partial charge in [-0.15, -0.1) is 0 Å². The second-order valence-electron chi connectivity index (χ2n) is 6.67. The molecule has 0 bridgehead atoms. The van der Waals surface area contributed by atoms with E-state index in [-0.39, 0.29) is 18.4 Å². The minimum absolute atomic E-state index is 0.0170. The molecule has 0 atom stereocenters. The number of fused-ring (bicyclic) bond motifs is 1. The van der Waals surface area contributed by atoms with Crippen LogP contribution in [0.25, 0.3) is 11.1 Å². The van der Waals surface area contributed by atoms with Gasteiger partial charge in [-0.3, -0.25) is 19.7 Å². The number of nitrogens with one attached hydrogen (secondary N) is 2. The first kappa shape index (κ1) is 17.8. The molecule has 0 fully saturated rings. The van der Waals surface area contributed by atoms with Crippen LogP contribution in [0, 0.1) is 5.82 Å². The van der Waals surface area contributed by atoms with Crippen molar-refractivity contribution in [2.45, 2.75) is 19.4 Å². The van der Waals surface area contributed by atoms with Gasteiger partial charge in [0.15, 0.2) is 0 Å². The normalized spacial score (nSPS) is 13.4. The number of halogens is 1. The van der Waals surface area contributed by atoms with Gasteiger partial charge in [-0.25, -0.2) is 4.39 Å². The van der Waals surface area contributed by atoms with E-state index in [1.807, 2.05) is 0 Å². The van der Waals surface area contributed by atoms with Crippen molar-refractivity contribution in [2.75, 3.05) is 11.9 Å². The summed E-state index contributed by atoms with van der Waals surface area (Å²) in [6.07, 6.45) is 7.15. The van der Waals surface area contributed by atoms with E-state index in [0.29, 0.717) is 35.2 Å². The fourth-order valence-electron chi connectivity index (χ4n) is 3.28. The lowest BCUT2D eigenvalue weighted by Crippen LogP contribution is -2.31. The third-order valence-corrected chi connectivity index (χ3v) is 4.83. The third-order valence-electron chi connectivity index (χ3n) is 4.83. The van der Waals surface area contributed by atoms with Gasteiger partial charge in [-0.2, -0.15) is 5.10 Å². The highest BCUT2D eigenvalue weighted by atomic mass is 19.1. The molecule has 3 heterocycles. The van der Waals surface area contributed by atoms with Crippen LogP contribution in [0.3, 0.4) is 0 Å². The molecule has 28 heavy (non-hydrogen) atoms. The fourth-order valence-corrected chi connectivity index (χ4v) is 3.28. The number of aromatic nitrogens is 3. The Kier molecular flexibility index (Phi) is 4.60. The highest BCUT2D eigenvalue weighted by Crippen LogP contribution is 2.33. The zero-order valence-electron chi connectivity index (χ0n) is 15.2. The molecule has 1 aliphatic heterocycles. The molecule has 0 saturated carbocycles. The van der Waals surface area contributed by atoms with Crippen molar-refractivity contribution in [1.29, 1.82) is 0 Å². The van der Waals surface area contributed by atoms with Crippen molar-refractivity contribution in [2.24, 2.45) is 0 Å². The predicted octanol–water partition coefficient (Wildman–Crippen LogP) is 2.45. The summed E-state index contributed by atoms with van der Waals surface area (Å²) in [7, 11) is 1.66. The topological polar surface area (TPSA) is 91.0 Å². The summed E-state index contributed by atoms with van der Waals surface area (Å²) >= 11 is 0. The first-order valence-electron chi connectivity index (χ1n) is 8.83. The summed E-state index contributed by atoms with van der Waals surface area (Å²) in [5.41, 5.74) is 3.76. The fraction of sp³-hybridized carbons (Fsp3) is 0.200. The lowest BCUT2D eigenvalue weighted by atomic mass is 9.96. The van der Waals surface area contributed by atoms with Gasteiger partial charge in [0.1, 0.15) is 5.82 Å². The number of nitrogens with zero attached hydrogens (tertiary/aromatic N) is 3. The zero-order valence-corrected chi connectivity index (χ0v) is 15.2. The summed E-state index contributed by atoms with van der Waals surface area (Å²) in [5.74, 6) is -0.690. The smallest absolute Gasteiger partial charge is 0.254 e. The Balaban J connectivity index is 1.58. The van der Waals surface area contributed by atoms with E-state index in [4.69, 9.17) is 0 Å². The second-order valence-corrected chi connectivity index (χ2v) is 6.67. The summed E-state index contributed by atoms with van der Waals surface area (Å²) < 4.78 is 14.7. The first-order chi connectivity index (χ1) is 13.5. The molecular weight excluding hydrogens is 361 g/mol. The van der Waals surface area contributed by atoms with Crippen LogP contribution >= 0.6 is 0 Å². The maximum Gasteiger partial charge on any atom is 0.254 e. The third kappa shape index (κ3) is 3.36. The number of pyridine rings is 1. The van der Waals surface area contributed by atoms with E-state index in [1.165, 1.54) is 23.4 Å². The number of carbonyl (C=O) groups is 2. The van der Waals surface area contributed by atoms with Gasteiger partial charge < -0.3 is 10.2 Å². The van der Waals surface area contributed by atoms with Crippen LogP contribution in [0.2, 0.25) is 0 Å². The molecule has 142 valence electrons. The molecule has 0 saturated heterocycles. The second kappa shape index (κ2) is 7.22. The highest BCUT2D eigenvalue weighted by molar-refractivity contribution is 5.96. The number of aryl methyl sites for hydroxylation is 1. The molecule has 0 spiro atoms. The molecule has 0 unspecified atom stereocenters. The summed E-state index contributed by atoms with van der Waals surface area (Å²) in [6, 6.07) is 4.97. The highest BCUT2D eigenvalue weighted by Gasteiger charge is 2.23. The van der Waals surface area contributed by atoms with Crippen LogP contribution in [0.1, 0.15) is 27.9 Å². The van der Waals surface area contributed by atoms with E-state index in [2.05, 4.69) is 20.5 Å². The van der Waals surface area contributed by atoms with Crippen LogP contribution in [-0.4, -0.2) is 34.0 Å². The van der Waals surface area contributed by atoms with Crippen molar-refractivity contribution in [3.05, 3.63) is 65.5 Å². The maximum absolute atomic E-state index is 14.7. The predicted molar refractivity (Wildman–Crippen MR) is 101 cm³/mol. The Hall–Kier alpha value is -3.55. The number of amides is 2. The molecule has 4 rings (SSSR count). The number of benzene rings is 1. The Bertz CT molecular complexity index is 1050. The minimum atomic E-state index is -0.415. The van der Waals surface area contributed by atoms with Crippen LogP contribution in [-0.2, 0) is 17.8 Å². The molecule has 1 aliphatic rings. The van der Waals surface area contributed by atoms with Gasteiger partial charge in [0.05, 0.1) is 11.8 Å². The number of carbonyl (C=O) groups excluding carboxylic acids is 2. The molecule has 1 aromatic carbocycles. The number of aromatic amines is 1. The molecule has 7 nitrogen and oxygen atoms in total. The summed E-state index contributed by atoms with van der Waals surface area (Å²) in [5, 5.41) is 9.11. The largest absolute Gasteiger partial charge is 0.348 e. The summed E-state index contributed by atoms with van der Waals surface area (Å²) in [4.78, 5) is 29.5. The van der Waals surface area contributed by atoms with Crippen molar-refractivity contribution in [3.63, 3.8) is 0 Å². The van der Waals surface area contributed by atoms with Crippen LogP contribution in [0.4, 0.5) is 10.1 Å². The quantitative estimate of drug-likeness (QED) is 0.729. The minimum Gasteiger partial charge on any atom is -0.348 e. The number of hydrogen-bond donors (Lipinski definition) is 2. The number of hydrogen-bond acceptors (Lipinski definition) is 4. The van der Waals surface area contributed by atoms with Gasteiger partial charge in [0.2, 0.25) is 5.91 Å². The molecule has 2 aromatic heterocycles. The Labute approximate surface area is 160 Å². The van der Waals surface area contributed by atoms with E-state index in [1.54, 1.807) is 31.6 Å². The van der Waals surface area contributed by atoms with Crippen molar-refractivity contribution < 1.29 is 14.0 Å². The molecule has 3 aromatic rings. The van der Waals surface area contributed by atoms with Crippen LogP contribution in [0.15, 0.2) is 43.0 Å². The Morgan fingerprint density at radius 2 is 2.11 bits per heavy atom. The van der Waals surface area contributed by atoms with E-state index < -0.39 is 5.82 Å².